The summed E-state index contributed by atoms with van der Waals surface area (Å²) in [6, 6.07) is 5.09. The van der Waals surface area contributed by atoms with E-state index in [0.29, 0.717) is 29.6 Å². The molecule has 0 saturated carbocycles. The van der Waals surface area contributed by atoms with Crippen LogP contribution in [-0.4, -0.2) is 39.4 Å². The van der Waals surface area contributed by atoms with Gasteiger partial charge in [0.25, 0.3) is 5.91 Å². The Morgan fingerprint density at radius 2 is 2.26 bits per heavy atom. The maximum Gasteiger partial charge on any atom is 0.259 e. The summed E-state index contributed by atoms with van der Waals surface area (Å²) in [5.41, 5.74) is 7.06. The molecule has 7 heteroatoms. The fourth-order valence-corrected chi connectivity index (χ4v) is 2.97. The normalized spacial score (nSPS) is 17.3. The quantitative estimate of drug-likeness (QED) is 0.927. The second-order valence-corrected chi connectivity index (χ2v) is 5.48. The van der Waals surface area contributed by atoms with Gasteiger partial charge in [0.2, 0.25) is 5.88 Å². The van der Waals surface area contributed by atoms with Crippen LogP contribution in [0.3, 0.4) is 0 Å². The zero-order valence-electron chi connectivity index (χ0n) is 13.2. The molecule has 1 atom stereocenters. The van der Waals surface area contributed by atoms with Crippen LogP contribution >= 0.6 is 0 Å². The molecule has 3 rings (SSSR count). The SMILES string of the molecule is COc1ncccc1C(=O)N1CCC[C@H]1c1cc(N)nc(C)n1. The minimum Gasteiger partial charge on any atom is -0.480 e. The van der Waals surface area contributed by atoms with Crippen LogP contribution in [0, 0.1) is 6.92 Å². The fraction of sp³-hybridized carbons (Fsp3) is 0.375. The molecule has 120 valence electrons. The molecule has 0 aromatic carbocycles. The van der Waals surface area contributed by atoms with Crippen molar-refractivity contribution < 1.29 is 9.53 Å². The van der Waals surface area contributed by atoms with E-state index in [9.17, 15) is 4.79 Å². The lowest BCUT2D eigenvalue weighted by Crippen LogP contribution is -2.31. The number of pyridine rings is 1. The lowest BCUT2D eigenvalue weighted by molar-refractivity contribution is 0.0728. The number of amides is 1. The van der Waals surface area contributed by atoms with Gasteiger partial charge < -0.3 is 15.4 Å². The second-order valence-electron chi connectivity index (χ2n) is 5.48. The molecule has 0 bridgehead atoms. The van der Waals surface area contributed by atoms with Gasteiger partial charge in [-0.05, 0) is 31.9 Å². The largest absolute Gasteiger partial charge is 0.480 e. The first kappa shape index (κ1) is 15.2. The number of ether oxygens (including phenoxy) is 1. The number of carbonyl (C=O) groups is 1. The average Bonchev–Trinajstić information content (AvgIpc) is 3.03. The van der Waals surface area contributed by atoms with E-state index in [1.54, 1.807) is 36.2 Å². The Kier molecular flexibility index (Phi) is 4.10. The van der Waals surface area contributed by atoms with Gasteiger partial charge in [0.15, 0.2) is 0 Å². The standard InChI is InChI=1S/C16H19N5O2/c1-10-19-12(9-14(17)20-10)13-6-4-8-21(13)16(22)11-5-3-7-18-15(11)23-2/h3,5,7,9,13H,4,6,8H2,1-2H3,(H2,17,19,20)/t13-/m0/s1. The van der Waals surface area contributed by atoms with Gasteiger partial charge in [-0.1, -0.05) is 0 Å². The molecule has 1 fully saturated rings. The maximum atomic E-state index is 12.9. The molecule has 1 aliphatic rings. The lowest BCUT2D eigenvalue weighted by Gasteiger charge is -2.25. The summed E-state index contributed by atoms with van der Waals surface area (Å²) in [4.78, 5) is 27.4. The number of nitrogens with zero attached hydrogens (tertiary/aromatic N) is 4. The summed E-state index contributed by atoms with van der Waals surface area (Å²) in [5.74, 6) is 1.26. The van der Waals surface area contributed by atoms with Gasteiger partial charge in [-0.25, -0.2) is 15.0 Å². The monoisotopic (exact) mass is 313 g/mol. The lowest BCUT2D eigenvalue weighted by atomic mass is 10.1. The molecule has 2 N–H and O–H groups in total. The number of carbonyl (C=O) groups excluding carboxylic acids is 1. The van der Waals surface area contributed by atoms with Gasteiger partial charge in [0, 0.05) is 18.8 Å². The highest BCUT2D eigenvalue weighted by Gasteiger charge is 2.33. The average molecular weight is 313 g/mol. The van der Waals surface area contributed by atoms with E-state index >= 15 is 0 Å². The number of rotatable bonds is 3. The smallest absolute Gasteiger partial charge is 0.259 e. The summed E-state index contributed by atoms with van der Waals surface area (Å²) < 4.78 is 5.20. The van der Waals surface area contributed by atoms with Crippen LogP contribution in [0.15, 0.2) is 24.4 Å². The van der Waals surface area contributed by atoms with E-state index in [1.807, 2.05) is 0 Å². The number of aryl methyl sites for hydroxylation is 1. The predicted octanol–water partition coefficient (Wildman–Crippen LogP) is 1.75. The van der Waals surface area contributed by atoms with Crippen LogP contribution in [0.5, 0.6) is 5.88 Å². The van der Waals surface area contributed by atoms with Gasteiger partial charge in [0.05, 0.1) is 18.8 Å². The van der Waals surface area contributed by atoms with Crippen molar-refractivity contribution in [3.63, 3.8) is 0 Å². The molecular formula is C16H19N5O2. The molecule has 0 unspecified atom stereocenters. The number of hydrogen-bond acceptors (Lipinski definition) is 6. The first-order valence-corrected chi connectivity index (χ1v) is 7.51. The molecule has 1 amide bonds. The number of likely N-dealkylation sites (tertiary alicyclic amines) is 1. The van der Waals surface area contributed by atoms with Crippen molar-refractivity contribution in [2.75, 3.05) is 19.4 Å². The highest BCUT2D eigenvalue weighted by atomic mass is 16.5. The Morgan fingerprint density at radius 1 is 1.43 bits per heavy atom. The van der Waals surface area contributed by atoms with Crippen molar-refractivity contribution in [3.05, 3.63) is 41.5 Å². The van der Waals surface area contributed by atoms with Crippen LogP contribution in [-0.2, 0) is 0 Å². The molecule has 1 saturated heterocycles. The Labute approximate surface area is 134 Å². The molecule has 2 aromatic rings. The minimum absolute atomic E-state index is 0.101. The van der Waals surface area contributed by atoms with Gasteiger partial charge in [-0.2, -0.15) is 0 Å². The molecule has 1 aliphatic heterocycles. The molecule has 0 radical (unpaired) electrons. The molecule has 0 aliphatic carbocycles. The summed E-state index contributed by atoms with van der Waals surface area (Å²) in [5, 5.41) is 0. The second kappa shape index (κ2) is 6.20. The van der Waals surface area contributed by atoms with E-state index in [-0.39, 0.29) is 11.9 Å². The Morgan fingerprint density at radius 3 is 3.00 bits per heavy atom. The zero-order chi connectivity index (χ0) is 16.4. The summed E-state index contributed by atoms with van der Waals surface area (Å²) in [6.45, 7) is 2.47. The van der Waals surface area contributed by atoms with E-state index in [2.05, 4.69) is 15.0 Å². The first-order valence-electron chi connectivity index (χ1n) is 7.51. The van der Waals surface area contributed by atoms with Crippen LogP contribution in [0.1, 0.15) is 40.8 Å². The van der Waals surface area contributed by atoms with Crippen LogP contribution < -0.4 is 10.5 Å². The van der Waals surface area contributed by atoms with E-state index < -0.39 is 0 Å². The molecular weight excluding hydrogens is 294 g/mol. The molecule has 3 heterocycles. The summed E-state index contributed by atoms with van der Waals surface area (Å²) in [6.07, 6.45) is 3.37. The van der Waals surface area contributed by atoms with E-state index in [4.69, 9.17) is 10.5 Å². The third-order valence-corrected chi connectivity index (χ3v) is 3.93. The Bertz CT molecular complexity index is 714. The van der Waals surface area contributed by atoms with Crippen LogP contribution in [0.2, 0.25) is 0 Å². The third-order valence-electron chi connectivity index (χ3n) is 3.93. The number of nitrogen functional groups attached to an aromatic ring is 1. The number of anilines is 1. The van der Waals surface area contributed by atoms with Crippen LogP contribution in [0.25, 0.3) is 0 Å². The number of hydrogen-bond donors (Lipinski definition) is 1. The van der Waals surface area contributed by atoms with Gasteiger partial charge in [-0.3, -0.25) is 4.79 Å². The highest BCUT2D eigenvalue weighted by molar-refractivity contribution is 5.96. The van der Waals surface area contributed by atoms with Crippen LogP contribution in [0.4, 0.5) is 5.82 Å². The number of methoxy groups -OCH3 is 1. The van der Waals surface area contributed by atoms with Gasteiger partial charge in [0.1, 0.15) is 17.2 Å². The summed E-state index contributed by atoms with van der Waals surface area (Å²) in [7, 11) is 1.51. The van der Waals surface area contributed by atoms with Gasteiger partial charge in [-0.15, -0.1) is 0 Å². The zero-order valence-corrected chi connectivity index (χ0v) is 13.2. The van der Waals surface area contributed by atoms with Gasteiger partial charge >= 0.3 is 0 Å². The van der Waals surface area contributed by atoms with E-state index in [1.165, 1.54) is 7.11 Å². The molecule has 7 nitrogen and oxygen atoms in total. The minimum atomic E-state index is -0.104. The number of aromatic nitrogens is 3. The molecule has 0 spiro atoms. The fourth-order valence-electron chi connectivity index (χ4n) is 2.97. The Balaban J connectivity index is 1.93. The van der Waals surface area contributed by atoms with Crippen molar-refractivity contribution >= 4 is 11.7 Å². The van der Waals surface area contributed by atoms with E-state index in [0.717, 1.165) is 18.5 Å². The van der Waals surface area contributed by atoms with Crippen molar-refractivity contribution in [1.29, 1.82) is 0 Å². The first-order chi connectivity index (χ1) is 11.1. The predicted molar refractivity (Wildman–Crippen MR) is 85.0 cm³/mol. The van der Waals surface area contributed by atoms with Crippen molar-refractivity contribution in [3.8, 4) is 5.88 Å². The number of nitrogens with two attached hydrogens (primary N) is 1. The highest BCUT2D eigenvalue weighted by Crippen LogP contribution is 2.33. The molecule has 2 aromatic heterocycles. The third kappa shape index (κ3) is 2.94. The van der Waals surface area contributed by atoms with Crippen molar-refractivity contribution in [2.24, 2.45) is 0 Å². The topological polar surface area (TPSA) is 94.2 Å². The summed E-state index contributed by atoms with van der Waals surface area (Å²) >= 11 is 0. The van der Waals surface area contributed by atoms with Crippen molar-refractivity contribution in [1.82, 2.24) is 19.9 Å². The van der Waals surface area contributed by atoms with Crippen molar-refractivity contribution in [2.45, 2.75) is 25.8 Å². The molecule has 23 heavy (non-hydrogen) atoms. The Hall–Kier alpha value is -2.70. The maximum absolute atomic E-state index is 12.9.